The molecule has 5 nitrogen and oxygen atoms in total. The Bertz CT molecular complexity index is 833. The molecule has 3 aliphatic heterocycles. The van der Waals surface area contributed by atoms with Crippen molar-refractivity contribution < 1.29 is 14.2 Å². The van der Waals surface area contributed by atoms with Crippen molar-refractivity contribution >= 4 is 6.02 Å². The Morgan fingerprint density at radius 2 is 1.88 bits per heavy atom. The van der Waals surface area contributed by atoms with Crippen molar-refractivity contribution in [3.63, 3.8) is 0 Å². The first kappa shape index (κ1) is 15.2. The molecule has 1 aromatic rings. The largest absolute Gasteiger partial charge is 0.459 e. The maximum absolute atomic E-state index is 6.53. The van der Waals surface area contributed by atoms with E-state index >= 15 is 0 Å². The van der Waals surface area contributed by atoms with Gasteiger partial charge in [-0.05, 0) is 53.9 Å². The van der Waals surface area contributed by atoms with Gasteiger partial charge in [0.25, 0.3) is 6.02 Å². The lowest BCUT2D eigenvalue weighted by Crippen LogP contribution is -2.42. The molecule has 0 spiro atoms. The van der Waals surface area contributed by atoms with Crippen molar-refractivity contribution in [2.24, 2.45) is 21.7 Å². The normalized spacial score (nSPS) is 38.0. The van der Waals surface area contributed by atoms with Gasteiger partial charge in [-0.25, -0.2) is 4.99 Å². The van der Waals surface area contributed by atoms with Crippen LogP contribution in [0.25, 0.3) is 0 Å². The molecular formula is C21H26N2O3. The first-order valence-corrected chi connectivity index (χ1v) is 9.88. The number of benzene rings is 1. The van der Waals surface area contributed by atoms with Crippen molar-refractivity contribution in [2.75, 3.05) is 13.3 Å². The number of amidine groups is 1. The fraction of sp³-hybridized carbons (Fsp3) is 0.667. The summed E-state index contributed by atoms with van der Waals surface area (Å²) in [5, 5.41) is 0. The van der Waals surface area contributed by atoms with E-state index in [1.807, 2.05) is 0 Å². The molecule has 2 bridgehead atoms. The zero-order chi connectivity index (χ0) is 17.7. The van der Waals surface area contributed by atoms with Crippen LogP contribution in [0.2, 0.25) is 0 Å². The van der Waals surface area contributed by atoms with Crippen molar-refractivity contribution in [3.05, 3.63) is 23.3 Å². The van der Waals surface area contributed by atoms with E-state index in [0.29, 0.717) is 24.2 Å². The maximum atomic E-state index is 6.53. The Labute approximate surface area is 154 Å². The molecule has 0 saturated heterocycles. The highest BCUT2D eigenvalue weighted by Crippen LogP contribution is 2.68. The standard InChI is InChI=1S/C21H26N2O3/c1-20(2)14-4-6-21(20,3)18-17(14)22-19(26-18)23-7-5-12-8-15-16(25-11-24-15)9-13(12)10-23/h8-9,14,17-18H,4-7,10-11H2,1-3H3/t14-,17?,18?,21+/m1/s1. The van der Waals surface area contributed by atoms with Crippen LogP contribution in [-0.2, 0) is 17.7 Å². The average Bonchev–Trinajstić information content (AvgIpc) is 3.33. The summed E-state index contributed by atoms with van der Waals surface area (Å²) in [5.74, 6) is 2.40. The van der Waals surface area contributed by atoms with Crippen LogP contribution in [0.3, 0.4) is 0 Å². The molecule has 138 valence electrons. The monoisotopic (exact) mass is 354 g/mol. The highest BCUT2D eigenvalue weighted by atomic mass is 16.7. The molecule has 26 heavy (non-hydrogen) atoms. The first-order valence-electron chi connectivity index (χ1n) is 9.88. The zero-order valence-electron chi connectivity index (χ0n) is 15.7. The van der Waals surface area contributed by atoms with E-state index < -0.39 is 0 Å². The van der Waals surface area contributed by atoms with Gasteiger partial charge in [-0.3, -0.25) is 0 Å². The summed E-state index contributed by atoms with van der Waals surface area (Å²) in [6.45, 7) is 9.38. The van der Waals surface area contributed by atoms with Gasteiger partial charge >= 0.3 is 0 Å². The fourth-order valence-corrected chi connectivity index (χ4v) is 6.15. The zero-order valence-corrected chi connectivity index (χ0v) is 15.7. The molecule has 0 radical (unpaired) electrons. The molecule has 2 fully saturated rings. The predicted octanol–water partition coefficient (Wildman–Crippen LogP) is 3.35. The first-order chi connectivity index (χ1) is 12.5. The minimum atomic E-state index is 0.243. The number of nitrogens with zero attached hydrogens (tertiary/aromatic N) is 2. The highest BCUT2D eigenvalue weighted by Gasteiger charge is 2.69. The quantitative estimate of drug-likeness (QED) is 0.717. The maximum Gasteiger partial charge on any atom is 0.288 e. The van der Waals surface area contributed by atoms with E-state index in [1.165, 1.54) is 24.0 Å². The Morgan fingerprint density at radius 3 is 2.65 bits per heavy atom. The summed E-state index contributed by atoms with van der Waals surface area (Å²) in [6.07, 6.45) is 3.80. The topological polar surface area (TPSA) is 43.3 Å². The highest BCUT2D eigenvalue weighted by molar-refractivity contribution is 5.77. The van der Waals surface area contributed by atoms with E-state index in [4.69, 9.17) is 19.2 Å². The number of hydrogen-bond donors (Lipinski definition) is 0. The van der Waals surface area contributed by atoms with E-state index in [9.17, 15) is 0 Å². The van der Waals surface area contributed by atoms with Crippen LogP contribution < -0.4 is 9.47 Å². The number of fused-ring (bicyclic) bond motifs is 7. The smallest absolute Gasteiger partial charge is 0.288 e. The van der Waals surface area contributed by atoms with Gasteiger partial charge < -0.3 is 19.1 Å². The second-order valence-electron chi connectivity index (χ2n) is 9.37. The molecule has 6 rings (SSSR count). The van der Waals surface area contributed by atoms with Crippen LogP contribution in [-0.4, -0.2) is 36.4 Å². The summed E-state index contributed by atoms with van der Waals surface area (Å²) >= 11 is 0. The lowest BCUT2D eigenvalue weighted by atomic mass is 9.70. The molecule has 5 heteroatoms. The third-order valence-corrected chi connectivity index (χ3v) is 8.19. The van der Waals surface area contributed by atoms with Crippen molar-refractivity contribution in [3.8, 4) is 11.5 Å². The van der Waals surface area contributed by atoms with Gasteiger partial charge in [-0.1, -0.05) is 20.8 Å². The summed E-state index contributed by atoms with van der Waals surface area (Å²) < 4.78 is 17.6. The van der Waals surface area contributed by atoms with E-state index in [2.05, 4.69) is 37.8 Å². The number of hydrogen-bond acceptors (Lipinski definition) is 5. The summed E-state index contributed by atoms with van der Waals surface area (Å²) in [5.41, 5.74) is 3.23. The lowest BCUT2D eigenvalue weighted by molar-refractivity contribution is 0.0178. The predicted molar refractivity (Wildman–Crippen MR) is 97.4 cm³/mol. The SMILES string of the molecule is CC1(C)[C@@H]2CC[C@@]1(C)C1OC(N3CCc4cc5c(cc4C3)OCO5)=NC12. The average molecular weight is 354 g/mol. The molecular weight excluding hydrogens is 328 g/mol. The molecule has 5 aliphatic rings. The van der Waals surface area contributed by atoms with Gasteiger partial charge in [0.1, 0.15) is 6.10 Å². The molecule has 1 aromatic carbocycles. The van der Waals surface area contributed by atoms with Gasteiger partial charge in [-0.2, -0.15) is 0 Å². The van der Waals surface area contributed by atoms with Crippen LogP contribution in [0, 0.1) is 16.7 Å². The van der Waals surface area contributed by atoms with E-state index in [0.717, 1.165) is 37.0 Å². The lowest BCUT2D eigenvalue weighted by Gasteiger charge is -2.39. The third kappa shape index (κ3) is 1.70. The van der Waals surface area contributed by atoms with E-state index in [-0.39, 0.29) is 11.5 Å². The number of aliphatic imine (C=N–C) groups is 1. The molecule has 0 aromatic heterocycles. The molecule has 2 unspecified atom stereocenters. The van der Waals surface area contributed by atoms with Crippen LogP contribution in [0.1, 0.15) is 44.7 Å². The van der Waals surface area contributed by atoms with Gasteiger partial charge in [0.15, 0.2) is 11.5 Å². The van der Waals surface area contributed by atoms with Crippen molar-refractivity contribution in [2.45, 2.75) is 58.7 Å². The van der Waals surface area contributed by atoms with Crippen molar-refractivity contribution in [1.82, 2.24) is 4.90 Å². The molecule has 0 amide bonds. The minimum absolute atomic E-state index is 0.243. The number of rotatable bonds is 0. The molecule has 4 atom stereocenters. The van der Waals surface area contributed by atoms with Gasteiger partial charge in [0.05, 0.1) is 6.04 Å². The summed E-state index contributed by atoms with van der Waals surface area (Å²) in [4.78, 5) is 7.43. The summed E-state index contributed by atoms with van der Waals surface area (Å²) in [6, 6.07) is 5.49. The summed E-state index contributed by atoms with van der Waals surface area (Å²) in [7, 11) is 0. The van der Waals surface area contributed by atoms with Gasteiger partial charge in [0.2, 0.25) is 6.79 Å². The second kappa shape index (κ2) is 4.68. The molecule has 0 N–H and O–H groups in total. The molecule has 2 saturated carbocycles. The fourth-order valence-electron chi connectivity index (χ4n) is 6.15. The third-order valence-electron chi connectivity index (χ3n) is 8.19. The Hall–Kier alpha value is -1.91. The Kier molecular flexibility index (Phi) is 2.73. The van der Waals surface area contributed by atoms with Crippen LogP contribution >= 0.6 is 0 Å². The van der Waals surface area contributed by atoms with Crippen molar-refractivity contribution in [1.29, 1.82) is 0 Å². The number of ether oxygens (including phenoxy) is 3. The van der Waals surface area contributed by atoms with Gasteiger partial charge in [-0.15, -0.1) is 0 Å². The van der Waals surface area contributed by atoms with E-state index in [1.54, 1.807) is 0 Å². The minimum Gasteiger partial charge on any atom is -0.459 e. The Balaban J connectivity index is 1.28. The van der Waals surface area contributed by atoms with Crippen LogP contribution in [0.5, 0.6) is 11.5 Å². The molecule has 2 aliphatic carbocycles. The van der Waals surface area contributed by atoms with Gasteiger partial charge in [0, 0.05) is 18.5 Å². The van der Waals surface area contributed by atoms with Crippen LogP contribution in [0.15, 0.2) is 17.1 Å². The van der Waals surface area contributed by atoms with Crippen LogP contribution in [0.4, 0.5) is 0 Å². The second-order valence-corrected chi connectivity index (χ2v) is 9.37. The molecule has 3 heterocycles. The Morgan fingerprint density at radius 1 is 1.12 bits per heavy atom.